The van der Waals surface area contributed by atoms with Gasteiger partial charge in [-0.25, -0.2) is 0 Å². The first-order valence-corrected chi connectivity index (χ1v) is 5.56. The first-order valence-electron chi connectivity index (χ1n) is 5.19. The molecule has 1 aromatic rings. The highest BCUT2D eigenvalue weighted by Gasteiger charge is 2.21. The second-order valence-corrected chi connectivity index (χ2v) is 5.25. The summed E-state index contributed by atoms with van der Waals surface area (Å²) in [5.74, 6) is 0.998. The summed E-state index contributed by atoms with van der Waals surface area (Å²) in [5, 5.41) is 0.776. The number of hydrogen-bond acceptors (Lipinski definition) is 2. The molecule has 0 atom stereocenters. The summed E-state index contributed by atoms with van der Waals surface area (Å²) in [6.45, 7) is 4.78. The van der Waals surface area contributed by atoms with Crippen LogP contribution in [0.2, 0.25) is 5.02 Å². The maximum atomic E-state index is 6.06. The monoisotopic (exact) mass is 225 g/mol. The minimum atomic E-state index is -0.232. The summed E-state index contributed by atoms with van der Waals surface area (Å²) in [6.07, 6.45) is 1.74. The Hall–Kier alpha value is -0.730. The minimum Gasteiger partial charge on any atom is -0.493 e. The summed E-state index contributed by atoms with van der Waals surface area (Å²) in [6, 6.07) is 3.94. The number of fused-ring (bicyclic) bond motifs is 1. The Morgan fingerprint density at radius 3 is 2.87 bits per heavy atom. The van der Waals surface area contributed by atoms with Gasteiger partial charge < -0.3 is 10.5 Å². The van der Waals surface area contributed by atoms with Gasteiger partial charge in [0.1, 0.15) is 5.75 Å². The van der Waals surface area contributed by atoms with Crippen molar-refractivity contribution in [1.29, 1.82) is 0 Å². The molecule has 0 radical (unpaired) electrons. The molecule has 0 aliphatic carbocycles. The molecule has 1 heterocycles. The van der Waals surface area contributed by atoms with E-state index in [2.05, 4.69) is 0 Å². The first kappa shape index (κ1) is 10.8. The molecule has 0 unspecified atom stereocenters. The third kappa shape index (κ3) is 2.44. The van der Waals surface area contributed by atoms with E-state index < -0.39 is 0 Å². The Labute approximate surface area is 95.4 Å². The van der Waals surface area contributed by atoms with Crippen LogP contribution in [0, 0.1) is 0 Å². The van der Waals surface area contributed by atoms with Crippen LogP contribution < -0.4 is 10.5 Å². The van der Waals surface area contributed by atoms with Crippen molar-refractivity contribution in [3.8, 4) is 5.75 Å². The maximum absolute atomic E-state index is 6.06. The van der Waals surface area contributed by atoms with Crippen molar-refractivity contribution in [3.63, 3.8) is 0 Å². The number of rotatable bonds is 2. The van der Waals surface area contributed by atoms with Gasteiger partial charge in [0.15, 0.2) is 0 Å². The maximum Gasteiger partial charge on any atom is 0.125 e. The molecular weight excluding hydrogens is 210 g/mol. The van der Waals surface area contributed by atoms with Crippen LogP contribution in [0.3, 0.4) is 0 Å². The topological polar surface area (TPSA) is 35.2 Å². The van der Waals surface area contributed by atoms with E-state index in [1.165, 1.54) is 5.56 Å². The van der Waals surface area contributed by atoms with Crippen LogP contribution in [-0.4, -0.2) is 12.1 Å². The molecule has 2 nitrogen and oxygen atoms in total. The lowest BCUT2D eigenvalue weighted by Gasteiger charge is -2.20. The van der Waals surface area contributed by atoms with Gasteiger partial charge in [-0.2, -0.15) is 0 Å². The molecule has 0 saturated heterocycles. The second-order valence-electron chi connectivity index (χ2n) is 4.82. The predicted molar refractivity (Wildman–Crippen MR) is 62.6 cm³/mol. The lowest BCUT2D eigenvalue weighted by atomic mass is 9.94. The highest BCUT2D eigenvalue weighted by Crippen LogP contribution is 2.34. The summed E-state index contributed by atoms with van der Waals surface area (Å²) in [4.78, 5) is 0. The molecule has 0 aromatic heterocycles. The van der Waals surface area contributed by atoms with Crippen molar-refractivity contribution < 1.29 is 4.74 Å². The quantitative estimate of drug-likeness (QED) is 0.840. The molecule has 2 N–H and O–H groups in total. The van der Waals surface area contributed by atoms with E-state index >= 15 is 0 Å². The summed E-state index contributed by atoms with van der Waals surface area (Å²) < 4.78 is 5.62. The van der Waals surface area contributed by atoms with Gasteiger partial charge in [0.05, 0.1) is 6.61 Å². The van der Waals surface area contributed by atoms with E-state index in [0.29, 0.717) is 0 Å². The molecule has 1 aliphatic heterocycles. The van der Waals surface area contributed by atoms with Crippen molar-refractivity contribution >= 4 is 11.6 Å². The van der Waals surface area contributed by atoms with Gasteiger partial charge in [0.2, 0.25) is 0 Å². The highest BCUT2D eigenvalue weighted by atomic mass is 35.5. The Morgan fingerprint density at radius 2 is 2.20 bits per heavy atom. The molecule has 82 valence electrons. The van der Waals surface area contributed by atoms with E-state index in [9.17, 15) is 0 Å². The van der Waals surface area contributed by atoms with Crippen LogP contribution in [0.5, 0.6) is 5.75 Å². The summed E-state index contributed by atoms with van der Waals surface area (Å²) in [7, 11) is 0. The number of benzene rings is 1. The smallest absolute Gasteiger partial charge is 0.125 e. The van der Waals surface area contributed by atoms with Gasteiger partial charge in [-0.05, 0) is 43.5 Å². The molecule has 2 rings (SSSR count). The van der Waals surface area contributed by atoms with E-state index in [1.54, 1.807) is 0 Å². The first-order chi connectivity index (χ1) is 6.96. The average Bonchev–Trinajstić information content (AvgIpc) is 2.48. The largest absolute Gasteiger partial charge is 0.493 e. The van der Waals surface area contributed by atoms with Gasteiger partial charge in [0.25, 0.3) is 0 Å². The fourth-order valence-corrected chi connectivity index (χ4v) is 2.23. The van der Waals surface area contributed by atoms with Crippen LogP contribution in [0.25, 0.3) is 0 Å². The van der Waals surface area contributed by atoms with Gasteiger partial charge >= 0.3 is 0 Å². The third-order valence-corrected chi connectivity index (χ3v) is 2.69. The molecule has 15 heavy (non-hydrogen) atoms. The van der Waals surface area contributed by atoms with Gasteiger partial charge in [0, 0.05) is 17.0 Å². The molecule has 1 aromatic carbocycles. The van der Waals surface area contributed by atoms with Crippen LogP contribution in [0.4, 0.5) is 0 Å². The van der Waals surface area contributed by atoms with Gasteiger partial charge in [-0.1, -0.05) is 11.6 Å². The Kier molecular flexibility index (Phi) is 2.65. The van der Waals surface area contributed by atoms with Crippen LogP contribution in [0.1, 0.15) is 25.0 Å². The summed E-state index contributed by atoms with van der Waals surface area (Å²) >= 11 is 6.06. The van der Waals surface area contributed by atoms with E-state index in [-0.39, 0.29) is 5.54 Å². The van der Waals surface area contributed by atoms with E-state index in [4.69, 9.17) is 22.1 Å². The van der Waals surface area contributed by atoms with Crippen molar-refractivity contribution in [1.82, 2.24) is 0 Å². The molecule has 0 amide bonds. The number of hydrogen-bond donors (Lipinski definition) is 1. The zero-order valence-electron chi connectivity index (χ0n) is 9.14. The van der Waals surface area contributed by atoms with Crippen molar-refractivity contribution in [2.24, 2.45) is 5.73 Å². The lowest BCUT2D eigenvalue weighted by Crippen LogP contribution is -2.34. The fraction of sp³-hybridized carbons (Fsp3) is 0.500. The average molecular weight is 226 g/mol. The molecule has 0 spiro atoms. The lowest BCUT2D eigenvalue weighted by molar-refractivity contribution is 0.350. The highest BCUT2D eigenvalue weighted by molar-refractivity contribution is 6.30. The zero-order chi connectivity index (χ0) is 11.1. The summed E-state index contributed by atoms with van der Waals surface area (Å²) in [5.41, 5.74) is 8.12. The number of ether oxygens (including phenoxy) is 1. The van der Waals surface area contributed by atoms with Crippen molar-refractivity contribution in [2.75, 3.05) is 6.61 Å². The normalized spacial score (nSPS) is 14.9. The van der Waals surface area contributed by atoms with Crippen LogP contribution in [-0.2, 0) is 12.8 Å². The minimum absolute atomic E-state index is 0.232. The van der Waals surface area contributed by atoms with Gasteiger partial charge in [-0.3, -0.25) is 0 Å². The Balaban J connectivity index is 2.39. The second kappa shape index (κ2) is 3.69. The SMILES string of the molecule is CC(C)(N)Cc1cc(Cl)cc2c1OCC2. The van der Waals surface area contributed by atoms with Gasteiger partial charge in [-0.15, -0.1) is 0 Å². The Bertz CT molecular complexity index is 382. The Morgan fingerprint density at radius 1 is 1.47 bits per heavy atom. The third-order valence-electron chi connectivity index (χ3n) is 2.47. The zero-order valence-corrected chi connectivity index (χ0v) is 9.90. The fourth-order valence-electron chi connectivity index (χ4n) is 1.97. The van der Waals surface area contributed by atoms with E-state index in [0.717, 1.165) is 35.8 Å². The molecule has 1 aliphatic rings. The van der Waals surface area contributed by atoms with Crippen molar-refractivity contribution in [2.45, 2.75) is 32.2 Å². The standard InChI is InChI=1S/C12H16ClNO/c1-12(2,14)7-9-6-10(13)5-8-3-4-15-11(8)9/h5-6H,3-4,7,14H2,1-2H3. The van der Waals surface area contributed by atoms with Crippen LogP contribution >= 0.6 is 11.6 Å². The molecule has 0 bridgehead atoms. The predicted octanol–water partition coefficient (Wildman–Crippen LogP) is 2.55. The molecule has 3 heteroatoms. The van der Waals surface area contributed by atoms with Crippen LogP contribution in [0.15, 0.2) is 12.1 Å². The molecule has 0 fully saturated rings. The molecular formula is C12H16ClNO. The van der Waals surface area contributed by atoms with E-state index in [1.807, 2.05) is 26.0 Å². The number of halogens is 1. The molecule has 0 saturated carbocycles. The van der Waals surface area contributed by atoms with Crippen molar-refractivity contribution in [3.05, 3.63) is 28.3 Å². The number of nitrogens with two attached hydrogens (primary N) is 1.